The molecule has 6 nitrogen and oxygen atoms in total. The van der Waals surface area contributed by atoms with Gasteiger partial charge in [-0.2, -0.15) is 0 Å². The van der Waals surface area contributed by atoms with Crippen molar-refractivity contribution in [3.8, 4) is 0 Å². The molecule has 0 aliphatic heterocycles. The molecule has 6 heteroatoms. The Morgan fingerprint density at radius 3 is 0.744 bits per heavy atom. The van der Waals surface area contributed by atoms with Gasteiger partial charge in [0.2, 0.25) is 0 Å². The van der Waals surface area contributed by atoms with E-state index < -0.39 is 6.10 Å². The van der Waals surface area contributed by atoms with Crippen LogP contribution >= 0.6 is 0 Å². The van der Waals surface area contributed by atoms with Crippen LogP contribution in [0.5, 0.6) is 0 Å². The van der Waals surface area contributed by atoms with Gasteiger partial charge in [0, 0.05) is 19.3 Å². The van der Waals surface area contributed by atoms with Crippen LogP contribution < -0.4 is 0 Å². The van der Waals surface area contributed by atoms with Gasteiger partial charge in [0.1, 0.15) is 13.2 Å². The Labute approximate surface area is 505 Å². The number of allylic oxidation sites excluding steroid dienone is 26. The zero-order chi connectivity index (χ0) is 59.2. The van der Waals surface area contributed by atoms with Gasteiger partial charge in [-0.3, -0.25) is 14.4 Å². The molecule has 0 aromatic heterocycles. The average Bonchev–Trinajstić information content (AvgIpc) is 3.47. The highest BCUT2D eigenvalue weighted by Crippen LogP contribution is 2.15. The van der Waals surface area contributed by atoms with Crippen molar-refractivity contribution in [2.24, 2.45) is 0 Å². The molecule has 0 aromatic carbocycles. The average molecular weight is 1130 g/mol. The molecule has 82 heavy (non-hydrogen) atoms. The van der Waals surface area contributed by atoms with Crippen molar-refractivity contribution in [2.75, 3.05) is 13.2 Å². The van der Waals surface area contributed by atoms with Gasteiger partial charge >= 0.3 is 17.9 Å². The quantitative estimate of drug-likeness (QED) is 0.0261. The molecule has 0 aromatic rings. The molecule has 0 heterocycles. The molecule has 0 spiro atoms. The van der Waals surface area contributed by atoms with Gasteiger partial charge in [0.15, 0.2) is 6.10 Å². The summed E-state index contributed by atoms with van der Waals surface area (Å²) < 4.78 is 16.8. The Bertz CT molecular complexity index is 1830. The van der Waals surface area contributed by atoms with E-state index in [1.807, 2.05) is 0 Å². The minimum absolute atomic E-state index is 0.0878. The van der Waals surface area contributed by atoms with E-state index in [0.717, 1.165) is 154 Å². The maximum Gasteiger partial charge on any atom is 0.306 e. The van der Waals surface area contributed by atoms with Crippen LogP contribution in [0, 0.1) is 0 Å². The molecule has 0 amide bonds. The first-order chi connectivity index (χ1) is 40.5. The van der Waals surface area contributed by atoms with Crippen molar-refractivity contribution in [3.05, 3.63) is 158 Å². The van der Waals surface area contributed by atoms with Crippen molar-refractivity contribution in [3.63, 3.8) is 0 Å². The largest absolute Gasteiger partial charge is 0.462 e. The van der Waals surface area contributed by atoms with Crippen LogP contribution in [0.1, 0.15) is 284 Å². The number of ether oxygens (including phenoxy) is 3. The second kappa shape index (κ2) is 68.5. The van der Waals surface area contributed by atoms with E-state index in [2.05, 4.69) is 179 Å². The third-order valence-corrected chi connectivity index (χ3v) is 13.8. The summed E-state index contributed by atoms with van der Waals surface area (Å²) in [6.07, 6.45) is 100. The minimum Gasteiger partial charge on any atom is -0.462 e. The van der Waals surface area contributed by atoms with Crippen LogP contribution in [0.15, 0.2) is 158 Å². The van der Waals surface area contributed by atoms with E-state index in [4.69, 9.17) is 14.2 Å². The number of unbranched alkanes of at least 4 members (excludes halogenated alkanes) is 22. The Morgan fingerprint density at radius 2 is 0.476 bits per heavy atom. The number of carbonyl (C=O) groups is 3. The molecule has 1 unspecified atom stereocenters. The lowest BCUT2D eigenvalue weighted by Crippen LogP contribution is -2.30. The summed E-state index contributed by atoms with van der Waals surface area (Å²) >= 11 is 0. The molecule has 0 fully saturated rings. The second-order valence-electron chi connectivity index (χ2n) is 21.6. The van der Waals surface area contributed by atoms with Crippen molar-refractivity contribution >= 4 is 17.9 Å². The zero-order valence-electron chi connectivity index (χ0n) is 52.9. The molecular formula is C76H122O6. The normalized spacial score (nSPS) is 13.2. The van der Waals surface area contributed by atoms with Crippen LogP contribution in [0.2, 0.25) is 0 Å². The van der Waals surface area contributed by atoms with E-state index in [-0.39, 0.29) is 31.1 Å². The lowest BCUT2D eigenvalue weighted by atomic mass is 10.0. The van der Waals surface area contributed by atoms with Crippen LogP contribution in [0.25, 0.3) is 0 Å². The number of rotatable bonds is 59. The van der Waals surface area contributed by atoms with E-state index in [1.165, 1.54) is 89.9 Å². The minimum atomic E-state index is -0.790. The first kappa shape index (κ1) is 77.0. The fourth-order valence-corrected chi connectivity index (χ4v) is 8.84. The summed E-state index contributed by atoms with van der Waals surface area (Å²) in [5.74, 6) is -0.915. The molecule has 0 saturated carbocycles. The van der Waals surface area contributed by atoms with Crippen LogP contribution in [0.3, 0.4) is 0 Å². The van der Waals surface area contributed by atoms with Crippen LogP contribution in [-0.4, -0.2) is 37.2 Å². The van der Waals surface area contributed by atoms with Crippen molar-refractivity contribution in [1.82, 2.24) is 0 Å². The molecule has 0 N–H and O–H groups in total. The molecule has 0 saturated heterocycles. The summed E-state index contributed by atoms with van der Waals surface area (Å²) in [5, 5.41) is 0. The highest BCUT2D eigenvalue weighted by atomic mass is 16.6. The number of hydrogen-bond acceptors (Lipinski definition) is 6. The molecule has 0 aliphatic rings. The monoisotopic (exact) mass is 1130 g/mol. The molecule has 0 rings (SSSR count). The van der Waals surface area contributed by atoms with E-state index in [9.17, 15) is 14.4 Å². The third-order valence-electron chi connectivity index (χ3n) is 13.8. The van der Waals surface area contributed by atoms with E-state index >= 15 is 0 Å². The number of hydrogen-bond donors (Lipinski definition) is 0. The van der Waals surface area contributed by atoms with E-state index in [1.54, 1.807) is 0 Å². The van der Waals surface area contributed by atoms with Gasteiger partial charge in [-0.25, -0.2) is 0 Å². The highest BCUT2D eigenvalue weighted by Gasteiger charge is 2.19. The maximum atomic E-state index is 12.9. The number of esters is 3. The highest BCUT2D eigenvalue weighted by molar-refractivity contribution is 5.71. The SMILES string of the molecule is CC/C=C\C/C=C\C/C=C\C/C=C\C/C=C\C/C=C\C/C=C\CCCCCCCCCC(=O)OCC(COC(=O)CCCCCCCC)OC(=O)CCCCCCCCCCCC/C=C\C/C=C\C/C=C\C/C=C\C/C=C\C/C=C\CC. The summed E-state index contributed by atoms with van der Waals surface area (Å²) in [5.41, 5.74) is 0. The molecular weight excluding hydrogens is 1010 g/mol. The Hall–Kier alpha value is -4.97. The maximum absolute atomic E-state index is 12.9. The standard InChI is InChI=1S/C76H122O6/c1-4-7-10-13-16-18-20-22-24-26-28-30-32-34-36-38-40-42-44-46-48-50-52-54-56-58-60-63-66-69-75(78)81-72-73(71-80-74(77)68-65-62-15-12-9-6-3)82-76(79)70-67-64-61-59-57-55-53-51-49-47-45-43-41-39-37-35-33-31-29-27-25-23-21-19-17-14-11-8-5-2/h7-8,10-11,16-19,22-25,28-31,34-37,40-43,46,48,73H,4-6,9,12-15,20-21,26-27,32-33,38-39,44-45,47,49-72H2,1-3H3/b10-7-,11-8-,18-16-,19-17-,24-22-,25-23-,30-28-,31-29-,36-34-,37-35-,42-40-,43-41-,48-46-. The first-order valence-corrected chi connectivity index (χ1v) is 33.5. The first-order valence-electron chi connectivity index (χ1n) is 33.5. The Kier molecular flexibility index (Phi) is 64.4. The van der Waals surface area contributed by atoms with Crippen molar-refractivity contribution in [2.45, 2.75) is 290 Å². The van der Waals surface area contributed by atoms with Gasteiger partial charge < -0.3 is 14.2 Å². The summed E-state index contributed by atoms with van der Waals surface area (Å²) in [7, 11) is 0. The molecule has 0 aliphatic carbocycles. The molecule has 1 atom stereocenters. The molecule has 462 valence electrons. The predicted molar refractivity (Wildman–Crippen MR) is 357 cm³/mol. The van der Waals surface area contributed by atoms with Crippen molar-refractivity contribution < 1.29 is 28.6 Å². The second-order valence-corrected chi connectivity index (χ2v) is 21.6. The zero-order valence-corrected chi connectivity index (χ0v) is 52.9. The van der Waals surface area contributed by atoms with E-state index in [0.29, 0.717) is 19.3 Å². The molecule has 0 radical (unpaired) electrons. The van der Waals surface area contributed by atoms with Crippen molar-refractivity contribution in [1.29, 1.82) is 0 Å². The summed E-state index contributed by atoms with van der Waals surface area (Å²) in [6, 6.07) is 0. The summed E-state index contributed by atoms with van der Waals surface area (Å²) in [6.45, 7) is 6.34. The van der Waals surface area contributed by atoms with Gasteiger partial charge in [-0.1, -0.05) is 294 Å². The fraction of sp³-hybridized carbons (Fsp3) is 0.618. The topological polar surface area (TPSA) is 78.9 Å². The van der Waals surface area contributed by atoms with Crippen LogP contribution in [0.4, 0.5) is 0 Å². The third kappa shape index (κ3) is 65.8. The van der Waals surface area contributed by atoms with Gasteiger partial charge in [-0.15, -0.1) is 0 Å². The predicted octanol–water partition coefficient (Wildman–Crippen LogP) is 23.3. The molecule has 0 bridgehead atoms. The smallest absolute Gasteiger partial charge is 0.306 e. The lowest BCUT2D eigenvalue weighted by molar-refractivity contribution is -0.167. The van der Waals surface area contributed by atoms with Gasteiger partial charge in [-0.05, 0) is 128 Å². The Morgan fingerprint density at radius 1 is 0.256 bits per heavy atom. The summed E-state index contributed by atoms with van der Waals surface area (Å²) in [4.78, 5) is 38.1. The number of carbonyl (C=O) groups excluding carboxylic acids is 3. The fourth-order valence-electron chi connectivity index (χ4n) is 8.84. The van der Waals surface area contributed by atoms with Gasteiger partial charge in [0.25, 0.3) is 0 Å². The lowest BCUT2D eigenvalue weighted by Gasteiger charge is -2.18. The van der Waals surface area contributed by atoms with Gasteiger partial charge in [0.05, 0.1) is 0 Å². The Balaban J connectivity index is 4.15. The van der Waals surface area contributed by atoms with Crippen LogP contribution in [-0.2, 0) is 28.6 Å².